The molecule has 15 heavy (non-hydrogen) atoms. The van der Waals surface area contributed by atoms with Crippen LogP contribution in [0.15, 0.2) is 0 Å². The molecule has 0 bridgehead atoms. The van der Waals surface area contributed by atoms with Crippen molar-refractivity contribution in [1.29, 1.82) is 0 Å². The molecule has 0 aliphatic heterocycles. The van der Waals surface area contributed by atoms with Gasteiger partial charge in [0, 0.05) is 13.0 Å². The van der Waals surface area contributed by atoms with Gasteiger partial charge in [-0.1, -0.05) is 0 Å². The van der Waals surface area contributed by atoms with Gasteiger partial charge in [0.2, 0.25) is 0 Å². The van der Waals surface area contributed by atoms with Gasteiger partial charge in [0.1, 0.15) is 0 Å². The minimum Gasteiger partial charge on any atom is -0.481 e. The molecule has 4 heteroatoms. The standard InChI is InChI=1S/C11H22O4/c1-11(2,3)15-9-8-14-7-5-4-6-10(12)13/h4-9H2,1-3H3,(H,12,13). The van der Waals surface area contributed by atoms with Crippen molar-refractivity contribution in [2.45, 2.75) is 45.6 Å². The molecule has 0 aromatic heterocycles. The molecule has 0 spiro atoms. The number of ether oxygens (including phenoxy) is 2. The maximum atomic E-state index is 10.2. The van der Waals surface area contributed by atoms with E-state index in [9.17, 15) is 4.79 Å². The molecular formula is C11H22O4. The summed E-state index contributed by atoms with van der Waals surface area (Å²) in [6.45, 7) is 7.77. The zero-order chi connectivity index (χ0) is 11.7. The maximum absolute atomic E-state index is 10.2. The Morgan fingerprint density at radius 1 is 1.13 bits per heavy atom. The van der Waals surface area contributed by atoms with E-state index in [0.29, 0.717) is 26.2 Å². The lowest BCUT2D eigenvalue weighted by molar-refractivity contribution is -0.137. The van der Waals surface area contributed by atoms with E-state index >= 15 is 0 Å². The number of carboxylic acid groups (broad SMARTS) is 1. The third-order valence-electron chi connectivity index (χ3n) is 1.69. The van der Waals surface area contributed by atoms with E-state index < -0.39 is 5.97 Å². The van der Waals surface area contributed by atoms with E-state index in [4.69, 9.17) is 14.6 Å². The highest BCUT2D eigenvalue weighted by Gasteiger charge is 2.08. The lowest BCUT2D eigenvalue weighted by Crippen LogP contribution is -2.21. The lowest BCUT2D eigenvalue weighted by atomic mass is 10.2. The first-order chi connectivity index (χ1) is 6.92. The molecule has 0 rings (SSSR count). The highest BCUT2D eigenvalue weighted by Crippen LogP contribution is 2.05. The molecule has 0 aromatic carbocycles. The topological polar surface area (TPSA) is 55.8 Å². The summed E-state index contributed by atoms with van der Waals surface area (Å²) in [5.41, 5.74) is -0.118. The van der Waals surface area contributed by atoms with Gasteiger partial charge in [-0.15, -0.1) is 0 Å². The van der Waals surface area contributed by atoms with Gasteiger partial charge in [-0.3, -0.25) is 4.79 Å². The Bertz CT molecular complexity index is 172. The van der Waals surface area contributed by atoms with Gasteiger partial charge in [0.15, 0.2) is 0 Å². The molecule has 0 unspecified atom stereocenters. The summed E-state index contributed by atoms with van der Waals surface area (Å²) in [5.74, 6) is -0.744. The van der Waals surface area contributed by atoms with Crippen LogP contribution in [0.1, 0.15) is 40.0 Å². The maximum Gasteiger partial charge on any atom is 0.303 e. The van der Waals surface area contributed by atoms with Crippen LogP contribution in [0, 0.1) is 0 Å². The van der Waals surface area contributed by atoms with Crippen molar-refractivity contribution >= 4 is 5.97 Å². The molecule has 0 saturated carbocycles. The Morgan fingerprint density at radius 3 is 2.33 bits per heavy atom. The summed E-state index contributed by atoms with van der Waals surface area (Å²) in [5, 5.41) is 8.38. The number of hydrogen-bond acceptors (Lipinski definition) is 3. The van der Waals surface area contributed by atoms with Gasteiger partial charge in [-0.2, -0.15) is 0 Å². The smallest absolute Gasteiger partial charge is 0.303 e. The minimum atomic E-state index is -0.744. The molecule has 0 aromatic rings. The van der Waals surface area contributed by atoms with Gasteiger partial charge in [-0.25, -0.2) is 0 Å². The van der Waals surface area contributed by atoms with Crippen molar-refractivity contribution in [2.24, 2.45) is 0 Å². The van der Waals surface area contributed by atoms with Crippen molar-refractivity contribution in [3.05, 3.63) is 0 Å². The van der Waals surface area contributed by atoms with Crippen LogP contribution in [0.25, 0.3) is 0 Å². The summed E-state index contributed by atoms with van der Waals surface area (Å²) in [6.07, 6.45) is 1.69. The van der Waals surface area contributed by atoms with E-state index in [2.05, 4.69) is 0 Å². The van der Waals surface area contributed by atoms with Crippen molar-refractivity contribution in [1.82, 2.24) is 0 Å². The summed E-state index contributed by atoms with van der Waals surface area (Å²) in [7, 11) is 0. The third-order valence-corrected chi connectivity index (χ3v) is 1.69. The molecule has 0 amide bonds. The Labute approximate surface area is 91.6 Å². The number of hydrogen-bond donors (Lipinski definition) is 1. The fourth-order valence-electron chi connectivity index (χ4n) is 0.989. The molecule has 4 nitrogen and oxygen atoms in total. The molecule has 0 radical (unpaired) electrons. The van der Waals surface area contributed by atoms with Crippen molar-refractivity contribution in [3.8, 4) is 0 Å². The second-order valence-electron chi connectivity index (χ2n) is 4.42. The molecule has 1 N–H and O–H groups in total. The fraction of sp³-hybridized carbons (Fsp3) is 0.909. The molecule has 0 saturated heterocycles. The summed E-state index contributed by atoms with van der Waals surface area (Å²) < 4.78 is 10.7. The monoisotopic (exact) mass is 218 g/mol. The molecular weight excluding hydrogens is 196 g/mol. The predicted octanol–water partition coefficient (Wildman–Crippen LogP) is 2.07. The first kappa shape index (κ1) is 14.4. The summed E-state index contributed by atoms with van der Waals surface area (Å²) >= 11 is 0. The Balaban J connectivity index is 3.09. The van der Waals surface area contributed by atoms with E-state index in [1.54, 1.807) is 0 Å². The van der Waals surface area contributed by atoms with Crippen molar-refractivity contribution in [2.75, 3.05) is 19.8 Å². The first-order valence-electron chi connectivity index (χ1n) is 5.35. The lowest BCUT2D eigenvalue weighted by Gasteiger charge is -2.19. The van der Waals surface area contributed by atoms with E-state index in [1.807, 2.05) is 20.8 Å². The zero-order valence-electron chi connectivity index (χ0n) is 9.91. The molecule has 0 aliphatic carbocycles. The number of rotatable bonds is 8. The van der Waals surface area contributed by atoms with E-state index in [-0.39, 0.29) is 12.0 Å². The Morgan fingerprint density at radius 2 is 1.80 bits per heavy atom. The summed E-state index contributed by atoms with van der Waals surface area (Å²) in [6, 6.07) is 0. The number of carbonyl (C=O) groups is 1. The average Bonchev–Trinajstić information content (AvgIpc) is 2.07. The minimum absolute atomic E-state index is 0.118. The number of aliphatic carboxylic acids is 1. The van der Waals surface area contributed by atoms with Gasteiger partial charge in [-0.05, 0) is 33.6 Å². The summed E-state index contributed by atoms with van der Waals surface area (Å²) in [4.78, 5) is 10.2. The quantitative estimate of drug-likeness (QED) is 0.634. The van der Waals surface area contributed by atoms with E-state index in [1.165, 1.54) is 0 Å². The van der Waals surface area contributed by atoms with E-state index in [0.717, 1.165) is 6.42 Å². The normalized spacial score (nSPS) is 11.7. The van der Waals surface area contributed by atoms with Gasteiger partial charge in [0.25, 0.3) is 0 Å². The van der Waals surface area contributed by atoms with Crippen molar-refractivity contribution in [3.63, 3.8) is 0 Å². The van der Waals surface area contributed by atoms with Crippen LogP contribution in [0.2, 0.25) is 0 Å². The van der Waals surface area contributed by atoms with Crippen LogP contribution in [-0.4, -0.2) is 36.5 Å². The fourth-order valence-corrected chi connectivity index (χ4v) is 0.989. The predicted molar refractivity (Wildman–Crippen MR) is 58.0 cm³/mol. The molecule has 90 valence electrons. The molecule has 0 heterocycles. The SMILES string of the molecule is CC(C)(C)OCCOCCCCC(=O)O. The van der Waals surface area contributed by atoms with Gasteiger partial charge in [0.05, 0.1) is 18.8 Å². The highest BCUT2D eigenvalue weighted by molar-refractivity contribution is 5.66. The largest absolute Gasteiger partial charge is 0.481 e. The Hall–Kier alpha value is -0.610. The van der Waals surface area contributed by atoms with Gasteiger partial charge >= 0.3 is 5.97 Å². The van der Waals surface area contributed by atoms with Crippen LogP contribution in [0.4, 0.5) is 0 Å². The van der Waals surface area contributed by atoms with Crippen LogP contribution < -0.4 is 0 Å². The first-order valence-corrected chi connectivity index (χ1v) is 5.35. The molecule has 0 fully saturated rings. The number of carboxylic acids is 1. The number of unbranched alkanes of at least 4 members (excludes halogenated alkanes) is 1. The zero-order valence-corrected chi connectivity index (χ0v) is 9.91. The third kappa shape index (κ3) is 13.4. The second kappa shape index (κ2) is 7.65. The highest BCUT2D eigenvalue weighted by atomic mass is 16.5. The van der Waals surface area contributed by atoms with Crippen LogP contribution in [0.5, 0.6) is 0 Å². The van der Waals surface area contributed by atoms with Crippen molar-refractivity contribution < 1.29 is 19.4 Å². The van der Waals surface area contributed by atoms with Gasteiger partial charge < -0.3 is 14.6 Å². The Kier molecular flexibility index (Phi) is 7.34. The van der Waals surface area contributed by atoms with Crippen LogP contribution in [-0.2, 0) is 14.3 Å². The molecule has 0 atom stereocenters. The van der Waals surface area contributed by atoms with Crippen LogP contribution >= 0.6 is 0 Å². The second-order valence-corrected chi connectivity index (χ2v) is 4.42. The molecule has 0 aliphatic rings. The average molecular weight is 218 g/mol. The van der Waals surface area contributed by atoms with Crippen LogP contribution in [0.3, 0.4) is 0 Å².